The molecule has 0 unspecified atom stereocenters. The minimum absolute atomic E-state index is 0.0117. The van der Waals surface area contributed by atoms with Crippen LogP contribution >= 0.6 is 0 Å². The Balaban J connectivity index is 1.74. The number of benzene rings is 2. The SMILES string of the molecule is Cc1cc(S(=O)(=O)N(Cc2ccccc2F)[C@@H]2CCCC[C@H]2C)ccc1-n1cnnn1. The van der Waals surface area contributed by atoms with Crippen molar-refractivity contribution < 1.29 is 12.8 Å². The average molecular weight is 444 g/mol. The molecule has 31 heavy (non-hydrogen) atoms. The standard InChI is InChI=1S/C22H26FN5O2S/c1-16-7-3-6-10-22(16)28(14-18-8-4-5-9-20(18)23)31(29,30)19-11-12-21(17(2)13-19)27-15-24-25-26-27/h4-5,8-9,11-13,15-16,22H,3,6-7,10,14H2,1-2H3/t16-,22-/m1/s1. The van der Waals surface area contributed by atoms with Gasteiger partial charge in [-0.3, -0.25) is 0 Å². The Morgan fingerprint density at radius 2 is 1.94 bits per heavy atom. The molecule has 1 saturated carbocycles. The summed E-state index contributed by atoms with van der Waals surface area (Å²) in [6, 6.07) is 11.1. The highest BCUT2D eigenvalue weighted by Gasteiger charge is 2.36. The summed E-state index contributed by atoms with van der Waals surface area (Å²) in [5, 5.41) is 11.1. The molecule has 1 aliphatic carbocycles. The summed E-state index contributed by atoms with van der Waals surface area (Å²) >= 11 is 0. The van der Waals surface area contributed by atoms with Gasteiger partial charge in [0.05, 0.1) is 10.6 Å². The zero-order chi connectivity index (χ0) is 22.0. The van der Waals surface area contributed by atoms with E-state index in [9.17, 15) is 12.8 Å². The lowest BCUT2D eigenvalue weighted by molar-refractivity contribution is 0.184. The van der Waals surface area contributed by atoms with E-state index in [4.69, 9.17) is 0 Å². The summed E-state index contributed by atoms with van der Waals surface area (Å²) in [6.07, 6.45) is 5.26. The number of halogens is 1. The van der Waals surface area contributed by atoms with Gasteiger partial charge in [-0.25, -0.2) is 17.5 Å². The Bertz CT molecular complexity index is 1150. The highest BCUT2D eigenvalue weighted by molar-refractivity contribution is 7.89. The largest absolute Gasteiger partial charge is 0.243 e. The first-order valence-electron chi connectivity index (χ1n) is 10.5. The first-order valence-corrected chi connectivity index (χ1v) is 11.9. The summed E-state index contributed by atoms with van der Waals surface area (Å²) < 4.78 is 45.0. The van der Waals surface area contributed by atoms with Gasteiger partial charge < -0.3 is 0 Å². The van der Waals surface area contributed by atoms with Crippen LogP contribution in [-0.4, -0.2) is 39.0 Å². The second-order valence-electron chi connectivity index (χ2n) is 8.17. The van der Waals surface area contributed by atoms with Gasteiger partial charge in [-0.2, -0.15) is 4.31 Å². The van der Waals surface area contributed by atoms with E-state index in [1.807, 2.05) is 6.92 Å². The van der Waals surface area contributed by atoms with E-state index in [-0.39, 0.29) is 23.4 Å². The van der Waals surface area contributed by atoms with Crippen molar-refractivity contribution in [3.05, 3.63) is 65.7 Å². The van der Waals surface area contributed by atoms with Crippen molar-refractivity contribution in [3.8, 4) is 5.69 Å². The van der Waals surface area contributed by atoms with Gasteiger partial charge in [-0.15, -0.1) is 5.10 Å². The fourth-order valence-electron chi connectivity index (χ4n) is 4.35. The van der Waals surface area contributed by atoms with Crippen LogP contribution in [-0.2, 0) is 16.6 Å². The molecule has 1 aromatic heterocycles. The van der Waals surface area contributed by atoms with Crippen LogP contribution in [0.4, 0.5) is 4.39 Å². The molecule has 9 heteroatoms. The van der Waals surface area contributed by atoms with Crippen LogP contribution < -0.4 is 0 Å². The minimum atomic E-state index is -3.85. The van der Waals surface area contributed by atoms with Crippen molar-refractivity contribution in [3.63, 3.8) is 0 Å². The maximum Gasteiger partial charge on any atom is 0.243 e. The van der Waals surface area contributed by atoms with Gasteiger partial charge in [-0.1, -0.05) is 38.0 Å². The molecule has 1 aliphatic rings. The number of sulfonamides is 1. The third-order valence-corrected chi connectivity index (χ3v) is 7.96. The molecular weight excluding hydrogens is 417 g/mol. The molecule has 164 valence electrons. The van der Waals surface area contributed by atoms with Crippen molar-refractivity contribution in [2.45, 2.75) is 57.0 Å². The summed E-state index contributed by atoms with van der Waals surface area (Å²) in [5.41, 5.74) is 1.82. The van der Waals surface area contributed by atoms with E-state index >= 15 is 0 Å². The van der Waals surface area contributed by atoms with Crippen LogP contribution in [0.3, 0.4) is 0 Å². The second-order valence-corrected chi connectivity index (χ2v) is 10.1. The van der Waals surface area contributed by atoms with Crippen LogP contribution in [0.25, 0.3) is 5.69 Å². The third kappa shape index (κ3) is 4.38. The quantitative estimate of drug-likeness (QED) is 0.578. The van der Waals surface area contributed by atoms with Crippen molar-refractivity contribution in [1.82, 2.24) is 24.5 Å². The molecule has 0 radical (unpaired) electrons. The number of hydrogen-bond acceptors (Lipinski definition) is 5. The molecule has 0 saturated heterocycles. The Morgan fingerprint density at radius 1 is 1.16 bits per heavy atom. The van der Waals surface area contributed by atoms with Gasteiger partial charge in [0.1, 0.15) is 12.1 Å². The lowest BCUT2D eigenvalue weighted by atomic mass is 9.86. The summed E-state index contributed by atoms with van der Waals surface area (Å²) in [5.74, 6) is -0.187. The van der Waals surface area contributed by atoms with E-state index in [0.717, 1.165) is 31.2 Å². The van der Waals surface area contributed by atoms with Crippen LogP contribution in [0.1, 0.15) is 43.7 Å². The van der Waals surface area contributed by atoms with Gasteiger partial charge in [0.2, 0.25) is 10.0 Å². The summed E-state index contributed by atoms with van der Waals surface area (Å²) in [4.78, 5) is 0.191. The Hall–Kier alpha value is -2.65. The first-order chi connectivity index (χ1) is 14.9. The number of aromatic nitrogens is 4. The Kier molecular flexibility index (Phi) is 6.15. The lowest BCUT2D eigenvalue weighted by Crippen LogP contribution is -2.44. The van der Waals surface area contributed by atoms with Crippen molar-refractivity contribution in [2.75, 3.05) is 0 Å². The number of rotatable bonds is 6. The van der Waals surface area contributed by atoms with E-state index in [1.54, 1.807) is 36.4 Å². The van der Waals surface area contributed by atoms with Gasteiger partial charge in [0, 0.05) is 18.2 Å². The molecule has 1 heterocycles. The molecule has 0 aliphatic heterocycles. The first kappa shape index (κ1) is 21.6. The fourth-order valence-corrected chi connectivity index (χ4v) is 6.17. The van der Waals surface area contributed by atoms with Gasteiger partial charge in [-0.05, 0) is 65.9 Å². The molecule has 1 fully saturated rings. The number of hydrogen-bond donors (Lipinski definition) is 0. The monoisotopic (exact) mass is 443 g/mol. The van der Waals surface area contributed by atoms with Crippen molar-refractivity contribution >= 4 is 10.0 Å². The molecule has 7 nitrogen and oxygen atoms in total. The molecule has 4 rings (SSSR count). The maximum atomic E-state index is 14.4. The highest BCUT2D eigenvalue weighted by atomic mass is 32.2. The van der Waals surface area contributed by atoms with Gasteiger partial charge in [0.15, 0.2) is 0 Å². The van der Waals surface area contributed by atoms with Gasteiger partial charge in [0.25, 0.3) is 0 Å². The van der Waals surface area contributed by atoms with E-state index in [1.165, 1.54) is 21.4 Å². The maximum absolute atomic E-state index is 14.4. The van der Waals surface area contributed by atoms with Gasteiger partial charge >= 0.3 is 0 Å². The Labute approximate surface area is 181 Å². The second kappa shape index (κ2) is 8.84. The minimum Gasteiger partial charge on any atom is -0.207 e. The van der Waals surface area contributed by atoms with Crippen molar-refractivity contribution in [1.29, 1.82) is 0 Å². The predicted octanol–water partition coefficient (Wildman–Crippen LogP) is 3.88. The number of tetrazole rings is 1. The highest BCUT2D eigenvalue weighted by Crippen LogP contribution is 2.34. The molecule has 0 N–H and O–H groups in total. The van der Waals surface area contributed by atoms with Crippen LogP contribution in [0, 0.1) is 18.7 Å². The third-order valence-electron chi connectivity index (χ3n) is 6.09. The van der Waals surface area contributed by atoms with E-state index in [2.05, 4.69) is 22.4 Å². The van der Waals surface area contributed by atoms with E-state index in [0.29, 0.717) is 11.3 Å². The molecule has 2 atom stereocenters. The van der Waals surface area contributed by atoms with Crippen LogP contribution in [0.2, 0.25) is 0 Å². The van der Waals surface area contributed by atoms with Crippen LogP contribution in [0.15, 0.2) is 53.7 Å². The fraction of sp³-hybridized carbons (Fsp3) is 0.409. The van der Waals surface area contributed by atoms with Crippen molar-refractivity contribution in [2.24, 2.45) is 5.92 Å². The molecule has 3 aromatic rings. The number of aryl methyl sites for hydroxylation is 1. The molecule has 0 bridgehead atoms. The zero-order valence-corrected chi connectivity index (χ0v) is 18.5. The zero-order valence-electron chi connectivity index (χ0n) is 17.6. The molecule has 0 amide bonds. The summed E-state index contributed by atoms with van der Waals surface area (Å²) in [7, 11) is -3.85. The average Bonchev–Trinajstić information content (AvgIpc) is 3.28. The lowest BCUT2D eigenvalue weighted by Gasteiger charge is -2.38. The Morgan fingerprint density at radius 3 is 2.61 bits per heavy atom. The van der Waals surface area contributed by atoms with Crippen LogP contribution in [0.5, 0.6) is 0 Å². The normalized spacial score (nSPS) is 19.6. The summed E-state index contributed by atoms with van der Waals surface area (Å²) in [6.45, 7) is 3.91. The molecular formula is C22H26FN5O2S. The molecule has 2 aromatic carbocycles. The molecule has 0 spiro atoms. The smallest absolute Gasteiger partial charge is 0.207 e. The predicted molar refractivity (Wildman–Crippen MR) is 114 cm³/mol. The van der Waals surface area contributed by atoms with E-state index < -0.39 is 15.8 Å². The topological polar surface area (TPSA) is 81.0 Å². The number of nitrogens with zero attached hydrogens (tertiary/aromatic N) is 5.